The predicted molar refractivity (Wildman–Crippen MR) is 121 cm³/mol. The second-order valence-electron chi connectivity index (χ2n) is 7.39. The van der Waals surface area contributed by atoms with Crippen LogP contribution >= 0.6 is 0 Å². The van der Waals surface area contributed by atoms with Crippen molar-refractivity contribution >= 4 is 22.5 Å². The zero-order valence-electron chi connectivity index (χ0n) is 17.1. The topological polar surface area (TPSA) is 92.1 Å². The maximum Gasteiger partial charge on any atom is 0.246 e. The highest BCUT2D eigenvalue weighted by Gasteiger charge is 2.08. The number of carbonyl (C=O) groups is 1. The summed E-state index contributed by atoms with van der Waals surface area (Å²) in [7, 11) is 0. The van der Waals surface area contributed by atoms with Crippen LogP contribution in [0.1, 0.15) is 17.2 Å². The fourth-order valence-corrected chi connectivity index (χ4v) is 3.36. The van der Waals surface area contributed by atoms with Gasteiger partial charge < -0.3 is 15.7 Å². The SMILES string of the molecule is O=C(Cn1cc2ccccc2n1)Nc1ccc(CCNC[C@H](O)c2cccnc2)cc1. The van der Waals surface area contributed by atoms with Crippen molar-refractivity contribution in [3.63, 3.8) is 0 Å². The largest absolute Gasteiger partial charge is 0.387 e. The van der Waals surface area contributed by atoms with Crippen molar-refractivity contribution in [2.75, 3.05) is 18.4 Å². The molecule has 0 radical (unpaired) electrons. The molecule has 2 aromatic heterocycles. The van der Waals surface area contributed by atoms with Gasteiger partial charge in [0.15, 0.2) is 0 Å². The van der Waals surface area contributed by atoms with Crippen LogP contribution in [0.25, 0.3) is 10.9 Å². The number of carbonyl (C=O) groups excluding carboxylic acids is 1. The molecular weight excluding hydrogens is 390 g/mol. The molecule has 158 valence electrons. The van der Waals surface area contributed by atoms with E-state index in [1.165, 1.54) is 0 Å². The van der Waals surface area contributed by atoms with Gasteiger partial charge in [0.05, 0.1) is 11.6 Å². The molecule has 4 rings (SSSR count). The summed E-state index contributed by atoms with van der Waals surface area (Å²) in [6, 6.07) is 19.3. The summed E-state index contributed by atoms with van der Waals surface area (Å²) in [6.45, 7) is 1.39. The summed E-state index contributed by atoms with van der Waals surface area (Å²) >= 11 is 0. The number of hydrogen-bond acceptors (Lipinski definition) is 5. The molecule has 1 amide bonds. The minimum atomic E-state index is -0.571. The van der Waals surface area contributed by atoms with E-state index >= 15 is 0 Å². The van der Waals surface area contributed by atoms with Crippen LogP contribution in [0, 0.1) is 0 Å². The lowest BCUT2D eigenvalue weighted by molar-refractivity contribution is -0.116. The third-order valence-corrected chi connectivity index (χ3v) is 5.00. The Hall–Kier alpha value is -3.55. The summed E-state index contributed by atoms with van der Waals surface area (Å²) in [5.74, 6) is -0.119. The first-order chi connectivity index (χ1) is 15.2. The normalized spacial score (nSPS) is 12.0. The Balaban J connectivity index is 1.21. The molecule has 0 saturated carbocycles. The minimum Gasteiger partial charge on any atom is -0.387 e. The van der Waals surface area contributed by atoms with Gasteiger partial charge in [-0.3, -0.25) is 14.5 Å². The summed E-state index contributed by atoms with van der Waals surface area (Å²) in [6.07, 6.45) is 5.49. The van der Waals surface area contributed by atoms with Crippen LogP contribution < -0.4 is 10.6 Å². The van der Waals surface area contributed by atoms with Crippen LogP contribution in [-0.4, -0.2) is 38.9 Å². The Morgan fingerprint density at radius 2 is 1.90 bits per heavy atom. The van der Waals surface area contributed by atoms with E-state index in [9.17, 15) is 9.90 Å². The Labute approximate surface area is 180 Å². The highest BCUT2D eigenvalue weighted by atomic mass is 16.3. The van der Waals surface area contributed by atoms with Crippen LogP contribution in [0.5, 0.6) is 0 Å². The van der Waals surface area contributed by atoms with Crippen LogP contribution in [-0.2, 0) is 17.8 Å². The number of anilines is 1. The van der Waals surface area contributed by atoms with Crippen LogP contribution in [0.4, 0.5) is 5.69 Å². The fraction of sp³-hybridized carbons (Fsp3) is 0.208. The van der Waals surface area contributed by atoms with Crippen LogP contribution in [0.3, 0.4) is 0 Å². The van der Waals surface area contributed by atoms with Crippen molar-refractivity contribution in [1.29, 1.82) is 0 Å². The van der Waals surface area contributed by atoms with E-state index in [1.54, 1.807) is 17.1 Å². The van der Waals surface area contributed by atoms with Crippen molar-refractivity contribution in [3.05, 3.63) is 90.4 Å². The first kappa shape index (κ1) is 20.7. The number of aliphatic hydroxyl groups excluding tert-OH is 1. The second-order valence-corrected chi connectivity index (χ2v) is 7.39. The molecule has 4 aromatic rings. The van der Waals surface area contributed by atoms with Crippen LogP contribution in [0.2, 0.25) is 0 Å². The van der Waals surface area contributed by atoms with Gasteiger partial charge >= 0.3 is 0 Å². The van der Waals surface area contributed by atoms with E-state index in [1.807, 2.05) is 66.9 Å². The maximum absolute atomic E-state index is 12.3. The smallest absolute Gasteiger partial charge is 0.246 e. The van der Waals surface area contributed by atoms with Crippen molar-refractivity contribution in [2.24, 2.45) is 0 Å². The lowest BCUT2D eigenvalue weighted by Crippen LogP contribution is -2.23. The third-order valence-electron chi connectivity index (χ3n) is 5.00. The molecule has 0 aliphatic heterocycles. The lowest BCUT2D eigenvalue weighted by Gasteiger charge is -2.12. The van der Waals surface area contributed by atoms with E-state index in [0.29, 0.717) is 6.54 Å². The number of fused-ring (bicyclic) bond motifs is 1. The average Bonchev–Trinajstić information content (AvgIpc) is 3.20. The highest BCUT2D eigenvalue weighted by molar-refractivity contribution is 5.90. The van der Waals surface area contributed by atoms with Gasteiger partial charge in [0.1, 0.15) is 6.54 Å². The predicted octanol–water partition coefficient (Wildman–Crippen LogP) is 2.94. The monoisotopic (exact) mass is 415 g/mol. The van der Waals surface area contributed by atoms with Crippen molar-refractivity contribution in [2.45, 2.75) is 19.1 Å². The standard InChI is InChI=1S/C24H25N5O2/c30-23(19-5-3-12-25-14-19)15-26-13-11-18-7-9-21(10-8-18)27-24(31)17-29-16-20-4-1-2-6-22(20)28-29/h1-10,12,14,16,23,26,30H,11,13,15,17H2,(H,27,31)/t23-/m0/s1. The van der Waals surface area contributed by atoms with E-state index in [-0.39, 0.29) is 12.5 Å². The molecule has 2 aromatic carbocycles. The number of hydrogen-bond donors (Lipinski definition) is 3. The van der Waals surface area contributed by atoms with Gasteiger partial charge in [-0.05, 0) is 42.8 Å². The lowest BCUT2D eigenvalue weighted by atomic mass is 10.1. The number of aromatic nitrogens is 3. The summed E-state index contributed by atoms with van der Waals surface area (Å²) in [5, 5.41) is 21.7. The first-order valence-electron chi connectivity index (χ1n) is 10.3. The molecule has 0 spiro atoms. The molecule has 0 bridgehead atoms. The van der Waals surface area contributed by atoms with Crippen molar-refractivity contribution in [3.8, 4) is 0 Å². The van der Waals surface area contributed by atoms with Crippen molar-refractivity contribution < 1.29 is 9.90 Å². The first-order valence-corrected chi connectivity index (χ1v) is 10.3. The zero-order valence-corrected chi connectivity index (χ0v) is 17.1. The molecule has 7 nitrogen and oxygen atoms in total. The number of amides is 1. The van der Waals surface area contributed by atoms with Crippen LogP contribution in [0.15, 0.2) is 79.3 Å². The van der Waals surface area contributed by atoms with Gasteiger partial charge in [-0.15, -0.1) is 0 Å². The molecule has 2 heterocycles. The van der Waals surface area contributed by atoms with Gasteiger partial charge in [0, 0.05) is 41.8 Å². The number of benzene rings is 2. The number of nitrogens with one attached hydrogen (secondary N) is 2. The fourth-order valence-electron chi connectivity index (χ4n) is 3.36. The molecule has 0 unspecified atom stereocenters. The second kappa shape index (κ2) is 9.97. The Morgan fingerprint density at radius 3 is 2.68 bits per heavy atom. The summed E-state index contributed by atoms with van der Waals surface area (Å²) in [4.78, 5) is 16.3. The van der Waals surface area contributed by atoms with Gasteiger partial charge in [-0.2, -0.15) is 5.10 Å². The molecular formula is C24H25N5O2. The maximum atomic E-state index is 12.3. The molecule has 7 heteroatoms. The Bertz CT molecular complexity index is 1090. The Kier molecular flexibility index (Phi) is 6.66. The molecule has 31 heavy (non-hydrogen) atoms. The van der Waals surface area contributed by atoms with E-state index in [0.717, 1.165) is 40.7 Å². The number of aliphatic hydroxyl groups is 1. The zero-order chi connectivity index (χ0) is 21.5. The van der Waals surface area contributed by atoms with Gasteiger partial charge in [0.2, 0.25) is 5.91 Å². The van der Waals surface area contributed by atoms with Gasteiger partial charge in [-0.1, -0.05) is 36.4 Å². The molecule has 0 aliphatic carbocycles. The van der Waals surface area contributed by atoms with E-state index in [2.05, 4.69) is 20.7 Å². The molecule has 3 N–H and O–H groups in total. The van der Waals surface area contributed by atoms with Gasteiger partial charge in [-0.25, -0.2) is 0 Å². The van der Waals surface area contributed by atoms with E-state index < -0.39 is 6.10 Å². The number of nitrogens with zero attached hydrogens (tertiary/aromatic N) is 3. The molecule has 0 fully saturated rings. The average molecular weight is 415 g/mol. The third kappa shape index (κ3) is 5.75. The number of rotatable bonds is 9. The minimum absolute atomic E-state index is 0.119. The Morgan fingerprint density at radius 1 is 1.06 bits per heavy atom. The molecule has 0 saturated heterocycles. The number of pyridine rings is 1. The summed E-state index contributed by atoms with van der Waals surface area (Å²) in [5.41, 5.74) is 3.59. The van der Waals surface area contributed by atoms with Gasteiger partial charge in [0.25, 0.3) is 0 Å². The van der Waals surface area contributed by atoms with Crippen molar-refractivity contribution in [1.82, 2.24) is 20.1 Å². The summed E-state index contributed by atoms with van der Waals surface area (Å²) < 4.78 is 1.65. The van der Waals surface area contributed by atoms with E-state index in [4.69, 9.17) is 0 Å². The molecule has 0 aliphatic rings. The highest BCUT2D eigenvalue weighted by Crippen LogP contribution is 2.13. The molecule has 1 atom stereocenters. The quantitative estimate of drug-likeness (QED) is 0.366.